The molecule has 4 nitrogen and oxygen atoms in total. The number of nitrogens with one attached hydrogen (secondary N) is 1. The summed E-state index contributed by atoms with van der Waals surface area (Å²) in [5, 5.41) is 2.97. The third-order valence-electron chi connectivity index (χ3n) is 5.04. The van der Waals surface area contributed by atoms with E-state index in [1.54, 1.807) is 0 Å². The lowest BCUT2D eigenvalue weighted by molar-refractivity contribution is -0.152. The molecule has 0 unspecified atom stereocenters. The van der Waals surface area contributed by atoms with Gasteiger partial charge in [-0.15, -0.1) is 0 Å². The second-order valence-corrected chi connectivity index (χ2v) is 6.29. The van der Waals surface area contributed by atoms with Crippen LogP contribution in [-0.2, 0) is 14.3 Å². The molecule has 0 spiro atoms. The molecule has 0 radical (unpaired) electrons. The summed E-state index contributed by atoms with van der Waals surface area (Å²) < 4.78 is 5.06. The standard InChI is InChI=1S/C16H19NO3/c1-10(11-7-5-4-6-8-11)17-13(18)16-12(15(16,2)3)9-20-14(16)19/h4-8,10,12H,9H2,1-3H3,(H,17,18)/t10-,12-,16-/m1/s1. The van der Waals surface area contributed by atoms with Crippen LogP contribution in [0.3, 0.4) is 0 Å². The Hall–Kier alpha value is -1.84. The number of carbonyl (C=O) groups excluding carboxylic acids is 2. The fourth-order valence-corrected chi connectivity index (χ4v) is 3.56. The van der Waals surface area contributed by atoms with Gasteiger partial charge in [0.25, 0.3) is 0 Å². The van der Waals surface area contributed by atoms with Gasteiger partial charge in [0, 0.05) is 5.92 Å². The van der Waals surface area contributed by atoms with Crippen LogP contribution in [-0.4, -0.2) is 18.5 Å². The average Bonchev–Trinajstić information content (AvgIpc) is 2.73. The SMILES string of the molecule is C[C@@H](NC(=O)[C@@]12C(=O)OC[C@@H]1C2(C)C)c1ccccc1. The summed E-state index contributed by atoms with van der Waals surface area (Å²) in [6, 6.07) is 9.61. The van der Waals surface area contributed by atoms with Crippen molar-refractivity contribution >= 4 is 11.9 Å². The number of fused-ring (bicyclic) bond motifs is 1. The lowest BCUT2D eigenvalue weighted by atomic mass is 9.94. The van der Waals surface area contributed by atoms with Crippen molar-refractivity contribution in [2.24, 2.45) is 16.7 Å². The molecule has 4 heteroatoms. The first-order valence-electron chi connectivity index (χ1n) is 6.95. The van der Waals surface area contributed by atoms with Gasteiger partial charge < -0.3 is 10.1 Å². The van der Waals surface area contributed by atoms with Crippen LogP contribution in [0, 0.1) is 16.7 Å². The van der Waals surface area contributed by atoms with E-state index in [2.05, 4.69) is 5.32 Å². The van der Waals surface area contributed by atoms with Crippen LogP contribution in [0.15, 0.2) is 30.3 Å². The van der Waals surface area contributed by atoms with Crippen molar-refractivity contribution in [2.45, 2.75) is 26.8 Å². The third-order valence-corrected chi connectivity index (χ3v) is 5.04. The van der Waals surface area contributed by atoms with Gasteiger partial charge in [-0.25, -0.2) is 0 Å². The summed E-state index contributed by atoms with van der Waals surface area (Å²) in [7, 11) is 0. The lowest BCUT2D eigenvalue weighted by Crippen LogP contribution is -2.40. The number of hydrogen-bond donors (Lipinski definition) is 1. The van der Waals surface area contributed by atoms with Crippen LogP contribution >= 0.6 is 0 Å². The first-order chi connectivity index (χ1) is 9.42. The first kappa shape index (κ1) is 13.2. The van der Waals surface area contributed by atoms with Crippen molar-refractivity contribution in [3.8, 4) is 0 Å². The van der Waals surface area contributed by atoms with Crippen LogP contribution < -0.4 is 5.32 Å². The highest BCUT2D eigenvalue weighted by atomic mass is 16.5. The molecule has 1 aliphatic carbocycles. The van der Waals surface area contributed by atoms with Gasteiger partial charge >= 0.3 is 5.97 Å². The highest BCUT2D eigenvalue weighted by Crippen LogP contribution is 2.72. The molecule has 106 valence electrons. The van der Waals surface area contributed by atoms with E-state index in [1.807, 2.05) is 51.1 Å². The van der Waals surface area contributed by atoms with Gasteiger partial charge in [0.1, 0.15) is 0 Å². The van der Waals surface area contributed by atoms with Crippen LogP contribution in [0.4, 0.5) is 0 Å². The minimum absolute atomic E-state index is 0.00507. The number of hydrogen-bond acceptors (Lipinski definition) is 3. The molecule has 3 atom stereocenters. The van der Waals surface area contributed by atoms with Crippen molar-refractivity contribution in [1.82, 2.24) is 5.32 Å². The fourth-order valence-electron chi connectivity index (χ4n) is 3.56. The normalized spacial score (nSPS) is 31.1. The molecule has 1 aromatic carbocycles. The Bertz CT molecular complexity index is 566. The van der Waals surface area contributed by atoms with Gasteiger partial charge in [0.05, 0.1) is 12.6 Å². The van der Waals surface area contributed by atoms with Crippen molar-refractivity contribution in [1.29, 1.82) is 0 Å². The summed E-state index contributed by atoms with van der Waals surface area (Å²) in [6.45, 7) is 6.21. The molecular formula is C16H19NO3. The number of benzene rings is 1. The van der Waals surface area contributed by atoms with Gasteiger partial charge in [0.15, 0.2) is 5.41 Å². The number of ether oxygens (including phenoxy) is 1. The summed E-state index contributed by atoms with van der Waals surface area (Å²) in [5.74, 6) is -0.568. The number of esters is 1. The quantitative estimate of drug-likeness (QED) is 0.677. The topological polar surface area (TPSA) is 55.4 Å². The minimum Gasteiger partial charge on any atom is -0.464 e. The van der Waals surface area contributed by atoms with Crippen LogP contribution in [0.5, 0.6) is 0 Å². The van der Waals surface area contributed by atoms with Gasteiger partial charge in [-0.1, -0.05) is 44.2 Å². The Labute approximate surface area is 118 Å². The number of carbonyl (C=O) groups is 2. The molecule has 1 saturated heterocycles. The monoisotopic (exact) mass is 273 g/mol. The maximum absolute atomic E-state index is 12.6. The Kier molecular flexibility index (Phi) is 2.68. The molecule has 2 aliphatic rings. The predicted molar refractivity (Wildman–Crippen MR) is 73.7 cm³/mol. The molecule has 1 aliphatic heterocycles. The highest BCUT2D eigenvalue weighted by Gasteiger charge is 2.84. The number of cyclic esters (lactones) is 1. The van der Waals surface area contributed by atoms with E-state index >= 15 is 0 Å². The summed E-state index contributed by atoms with van der Waals surface area (Å²) >= 11 is 0. The van der Waals surface area contributed by atoms with Crippen molar-refractivity contribution in [3.05, 3.63) is 35.9 Å². The van der Waals surface area contributed by atoms with Crippen LogP contribution in [0.1, 0.15) is 32.4 Å². The Morgan fingerprint density at radius 1 is 1.35 bits per heavy atom. The summed E-state index contributed by atoms with van der Waals surface area (Å²) in [5.41, 5.74) is -0.252. The van der Waals surface area contributed by atoms with E-state index in [4.69, 9.17) is 4.74 Å². The first-order valence-corrected chi connectivity index (χ1v) is 6.95. The predicted octanol–water partition coefficient (Wildman–Crippen LogP) is 2.06. The van der Waals surface area contributed by atoms with E-state index in [9.17, 15) is 9.59 Å². The summed E-state index contributed by atoms with van der Waals surface area (Å²) in [6.07, 6.45) is 0. The second-order valence-electron chi connectivity index (χ2n) is 6.29. The maximum atomic E-state index is 12.6. The largest absolute Gasteiger partial charge is 0.464 e. The van der Waals surface area contributed by atoms with Gasteiger partial charge in [-0.2, -0.15) is 0 Å². The van der Waals surface area contributed by atoms with E-state index in [0.29, 0.717) is 6.61 Å². The molecule has 1 N–H and O–H groups in total. The minimum atomic E-state index is -0.976. The number of rotatable bonds is 3. The molecule has 20 heavy (non-hydrogen) atoms. The Balaban J connectivity index is 1.79. The van der Waals surface area contributed by atoms with Crippen molar-refractivity contribution in [2.75, 3.05) is 6.61 Å². The van der Waals surface area contributed by atoms with E-state index < -0.39 is 5.41 Å². The van der Waals surface area contributed by atoms with Crippen LogP contribution in [0.25, 0.3) is 0 Å². The van der Waals surface area contributed by atoms with E-state index in [0.717, 1.165) is 5.56 Å². The highest BCUT2D eigenvalue weighted by molar-refractivity contribution is 6.09. The van der Waals surface area contributed by atoms with Crippen molar-refractivity contribution < 1.29 is 14.3 Å². The zero-order chi connectivity index (χ0) is 14.5. The smallest absolute Gasteiger partial charge is 0.322 e. The molecule has 0 aromatic heterocycles. The number of amides is 1. The lowest BCUT2D eigenvalue weighted by Gasteiger charge is -2.20. The van der Waals surface area contributed by atoms with E-state index in [1.165, 1.54) is 0 Å². The van der Waals surface area contributed by atoms with Gasteiger partial charge in [0.2, 0.25) is 5.91 Å². The molecule has 0 bridgehead atoms. The second kappa shape index (κ2) is 4.08. The van der Waals surface area contributed by atoms with Crippen molar-refractivity contribution in [3.63, 3.8) is 0 Å². The molecule has 1 heterocycles. The molecule has 1 aromatic rings. The third kappa shape index (κ3) is 1.48. The van der Waals surface area contributed by atoms with E-state index in [-0.39, 0.29) is 29.3 Å². The fraction of sp³-hybridized carbons (Fsp3) is 0.500. The maximum Gasteiger partial charge on any atom is 0.322 e. The van der Waals surface area contributed by atoms with Gasteiger partial charge in [-0.05, 0) is 17.9 Å². The molecule has 3 rings (SSSR count). The Morgan fingerprint density at radius 3 is 2.55 bits per heavy atom. The zero-order valence-corrected chi connectivity index (χ0v) is 12.0. The summed E-state index contributed by atoms with van der Waals surface area (Å²) in [4.78, 5) is 24.6. The average molecular weight is 273 g/mol. The molecule has 1 saturated carbocycles. The Morgan fingerprint density at radius 2 is 2.00 bits per heavy atom. The zero-order valence-electron chi connectivity index (χ0n) is 12.0. The molecular weight excluding hydrogens is 254 g/mol. The molecule has 2 fully saturated rings. The van der Waals surface area contributed by atoms with Crippen LogP contribution in [0.2, 0.25) is 0 Å². The molecule has 1 amide bonds. The van der Waals surface area contributed by atoms with Gasteiger partial charge in [-0.3, -0.25) is 9.59 Å².